The fourth-order valence-electron chi connectivity index (χ4n) is 4.09. The second kappa shape index (κ2) is 11.1. The van der Waals surface area contributed by atoms with E-state index in [1.54, 1.807) is 30.3 Å². The van der Waals surface area contributed by atoms with Gasteiger partial charge in [-0.3, -0.25) is 14.9 Å². The third kappa shape index (κ3) is 5.50. The quantitative estimate of drug-likeness (QED) is 0.250. The van der Waals surface area contributed by atoms with E-state index in [9.17, 15) is 14.4 Å². The average molecular weight is 658 g/mol. The van der Waals surface area contributed by atoms with Crippen molar-refractivity contribution in [1.82, 2.24) is 5.32 Å². The topological polar surface area (TPSA) is 103 Å². The Bertz CT molecular complexity index is 1540. The molecule has 0 bridgehead atoms. The molecule has 2 heterocycles. The highest BCUT2D eigenvalue weighted by atomic mass is 79.9. The smallest absolute Gasteiger partial charge is 0.335 e. The van der Waals surface area contributed by atoms with E-state index in [0.29, 0.717) is 45.3 Å². The van der Waals surface area contributed by atoms with E-state index in [4.69, 9.17) is 18.9 Å². The summed E-state index contributed by atoms with van der Waals surface area (Å²) in [7, 11) is 0. The van der Waals surface area contributed by atoms with Gasteiger partial charge in [-0.1, -0.05) is 22.0 Å². The number of nitrogens with zero attached hydrogens (tertiary/aromatic N) is 1. The number of halogens is 2. The molecule has 0 aromatic heterocycles. The van der Waals surface area contributed by atoms with Crippen LogP contribution in [0.15, 0.2) is 63.0 Å². The summed E-state index contributed by atoms with van der Waals surface area (Å²) >= 11 is 6.94. The van der Waals surface area contributed by atoms with Gasteiger partial charge < -0.3 is 18.9 Å². The van der Waals surface area contributed by atoms with Crippen molar-refractivity contribution in [2.75, 3.05) is 18.3 Å². The summed E-state index contributed by atoms with van der Waals surface area (Å²) in [4.78, 5) is 39.5. The number of carbonyl (C=O) groups is 3. The molecule has 0 aliphatic carbocycles. The Kier molecular flexibility index (Phi) is 7.62. The van der Waals surface area contributed by atoms with Gasteiger partial charge in [0.1, 0.15) is 12.2 Å². The lowest BCUT2D eigenvalue weighted by Gasteiger charge is -2.26. The molecule has 0 saturated carbocycles. The van der Waals surface area contributed by atoms with Gasteiger partial charge in [-0.2, -0.15) is 0 Å². The lowest BCUT2D eigenvalue weighted by molar-refractivity contribution is -0.122. The third-order valence-electron chi connectivity index (χ3n) is 5.96. The number of imide groups is 2. The Morgan fingerprint density at radius 1 is 0.974 bits per heavy atom. The summed E-state index contributed by atoms with van der Waals surface area (Å²) in [6.45, 7) is 4.46. The van der Waals surface area contributed by atoms with Crippen LogP contribution >= 0.6 is 31.9 Å². The fourth-order valence-corrected chi connectivity index (χ4v) is 4.91. The zero-order valence-corrected chi connectivity index (χ0v) is 24.1. The first-order chi connectivity index (χ1) is 18.7. The predicted molar refractivity (Wildman–Crippen MR) is 150 cm³/mol. The Morgan fingerprint density at radius 2 is 1.77 bits per heavy atom. The number of hydrogen-bond acceptors (Lipinski definition) is 7. The maximum absolute atomic E-state index is 13.3. The third-order valence-corrected chi connectivity index (χ3v) is 7.44. The minimum absolute atomic E-state index is 0.186. The molecule has 11 heteroatoms. The second-order valence-corrected chi connectivity index (χ2v) is 10.3. The Hall–Kier alpha value is -3.83. The largest absolute Gasteiger partial charge is 0.490 e. The van der Waals surface area contributed by atoms with Crippen molar-refractivity contribution < 1.29 is 33.3 Å². The van der Waals surface area contributed by atoms with Crippen LogP contribution in [0.1, 0.15) is 23.6 Å². The van der Waals surface area contributed by atoms with Crippen LogP contribution in [0.25, 0.3) is 6.08 Å². The van der Waals surface area contributed by atoms with Crippen molar-refractivity contribution in [2.24, 2.45) is 0 Å². The molecule has 0 radical (unpaired) electrons. The molecular weight excluding hydrogens is 636 g/mol. The Labute approximate surface area is 240 Å². The molecule has 3 aromatic rings. The van der Waals surface area contributed by atoms with E-state index in [1.165, 1.54) is 6.08 Å². The number of aryl methyl sites for hydroxylation is 1. The van der Waals surface area contributed by atoms with Crippen molar-refractivity contribution in [3.05, 3.63) is 79.7 Å². The number of benzene rings is 3. The predicted octanol–water partition coefficient (Wildman–Crippen LogP) is 5.89. The highest BCUT2D eigenvalue weighted by Crippen LogP contribution is 2.39. The van der Waals surface area contributed by atoms with Crippen LogP contribution in [0.4, 0.5) is 10.5 Å². The molecule has 1 N–H and O–H groups in total. The van der Waals surface area contributed by atoms with Gasteiger partial charge in [-0.15, -0.1) is 0 Å². The number of amides is 4. The molecule has 0 spiro atoms. The number of hydrogen-bond donors (Lipinski definition) is 1. The zero-order valence-electron chi connectivity index (χ0n) is 20.9. The van der Waals surface area contributed by atoms with E-state index in [1.807, 2.05) is 32.0 Å². The van der Waals surface area contributed by atoms with E-state index in [2.05, 4.69) is 37.2 Å². The SMILES string of the molecule is CCOc1cc(/C=C2\C(=O)NC(=O)N(c3ccc(Br)c(C)c3)C2=O)cc(Br)c1OCc1ccc2c(c1)OCO2. The van der Waals surface area contributed by atoms with Gasteiger partial charge in [0.05, 0.1) is 16.8 Å². The molecule has 2 aliphatic rings. The normalized spacial score (nSPS) is 15.5. The summed E-state index contributed by atoms with van der Waals surface area (Å²) in [5, 5.41) is 2.25. The highest BCUT2D eigenvalue weighted by molar-refractivity contribution is 9.10. The van der Waals surface area contributed by atoms with Gasteiger partial charge >= 0.3 is 6.03 Å². The molecule has 3 aromatic carbocycles. The molecule has 9 nitrogen and oxygen atoms in total. The Balaban J connectivity index is 1.43. The minimum atomic E-state index is -0.813. The maximum atomic E-state index is 13.3. The number of barbiturate groups is 1. The molecule has 4 amide bonds. The van der Waals surface area contributed by atoms with Gasteiger partial charge in [-0.05, 0) is 95.0 Å². The van der Waals surface area contributed by atoms with Gasteiger partial charge in [0.25, 0.3) is 11.8 Å². The van der Waals surface area contributed by atoms with Crippen molar-refractivity contribution in [1.29, 1.82) is 0 Å². The van der Waals surface area contributed by atoms with Crippen molar-refractivity contribution in [2.45, 2.75) is 20.5 Å². The summed E-state index contributed by atoms with van der Waals surface area (Å²) in [6, 6.07) is 13.2. The Morgan fingerprint density at radius 3 is 2.54 bits per heavy atom. The summed E-state index contributed by atoms with van der Waals surface area (Å²) < 4.78 is 24.1. The van der Waals surface area contributed by atoms with Crippen LogP contribution in [0.2, 0.25) is 0 Å². The summed E-state index contributed by atoms with van der Waals surface area (Å²) in [5.74, 6) is 0.695. The molecule has 2 aliphatic heterocycles. The number of anilines is 1. The average Bonchev–Trinajstić information content (AvgIpc) is 3.36. The van der Waals surface area contributed by atoms with E-state index >= 15 is 0 Å². The first-order valence-electron chi connectivity index (χ1n) is 11.9. The molecule has 39 heavy (non-hydrogen) atoms. The molecule has 200 valence electrons. The van der Waals surface area contributed by atoms with Crippen LogP contribution in [0, 0.1) is 6.92 Å². The van der Waals surface area contributed by atoms with Gasteiger partial charge in [-0.25, -0.2) is 9.69 Å². The molecule has 5 rings (SSSR count). The number of fused-ring (bicyclic) bond motifs is 1. The molecule has 1 fully saturated rings. The fraction of sp³-hybridized carbons (Fsp3) is 0.179. The van der Waals surface area contributed by atoms with E-state index < -0.39 is 17.8 Å². The second-order valence-electron chi connectivity index (χ2n) is 8.63. The molecule has 0 unspecified atom stereocenters. The number of urea groups is 1. The van der Waals surface area contributed by atoms with E-state index in [-0.39, 0.29) is 19.0 Å². The number of carbonyl (C=O) groups excluding carboxylic acids is 3. The molecule has 0 atom stereocenters. The van der Waals surface area contributed by atoms with Crippen LogP contribution in [0.3, 0.4) is 0 Å². The lowest BCUT2D eigenvalue weighted by atomic mass is 10.1. The number of rotatable bonds is 7. The van der Waals surface area contributed by atoms with Gasteiger partial charge in [0.15, 0.2) is 23.0 Å². The number of ether oxygens (including phenoxy) is 4. The maximum Gasteiger partial charge on any atom is 0.335 e. The monoisotopic (exact) mass is 656 g/mol. The number of nitrogens with one attached hydrogen (secondary N) is 1. The lowest BCUT2D eigenvalue weighted by Crippen LogP contribution is -2.54. The molecular formula is C28H22Br2N2O7. The zero-order chi connectivity index (χ0) is 27.7. The summed E-state index contributed by atoms with van der Waals surface area (Å²) in [5.41, 5.74) is 2.36. The highest BCUT2D eigenvalue weighted by Gasteiger charge is 2.37. The first kappa shape index (κ1) is 26.8. The minimum Gasteiger partial charge on any atom is -0.490 e. The van der Waals surface area contributed by atoms with Gasteiger partial charge in [0, 0.05) is 4.47 Å². The van der Waals surface area contributed by atoms with Crippen LogP contribution in [-0.4, -0.2) is 31.2 Å². The van der Waals surface area contributed by atoms with Crippen LogP contribution in [0.5, 0.6) is 23.0 Å². The van der Waals surface area contributed by atoms with Crippen molar-refractivity contribution >= 4 is 61.5 Å². The summed E-state index contributed by atoms with van der Waals surface area (Å²) in [6.07, 6.45) is 1.41. The van der Waals surface area contributed by atoms with Crippen LogP contribution < -0.4 is 29.2 Å². The van der Waals surface area contributed by atoms with Crippen LogP contribution in [-0.2, 0) is 16.2 Å². The standard InChI is InChI=1S/C28H22Br2N2O7/c1-3-36-24-12-17(10-21(30)25(24)37-13-16-4-7-22-23(11-16)39-14-38-22)9-19-26(33)31-28(35)32(27(19)34)18-5-6-20(29)15(2)8-18/h4-12H,3,13-14H2,1-2H3,(H,31,33,35)/b19-9+. The van der Waals surface area contributed by atoms with Gasteiger partial charge in [0.2, 0.25) is 6.79 Å². The van der Waals surface area contributed by atoms with Crippen molar-refractivity contribution in [3.8, 4) is 23.0 Å². The van der Waals surface area contributed by atoms with Crippen molar-refractivity contribution in [3.63, 3.8) is 0 Å². The van der Waals surface area contributed by atoms with E-state index in [0.717, 1.165) is 20.5 Å². The molecule has 1 saturated heterocycles. The first-order valence-corrected chi connectivity index (χ1v) is 13.5.